The molecule has 0 amide bonds. The lowest BCUT2D eigenvalue weighted by Gasteiger charge is -2.21. The molecule has 6 heteroatoms. The third-order valence-electron chi connectivity index (χ3n) is 5.64. The van der Waals surface area contributed by atoms with Gasteiger partial charge in [0.25, 0.3) is 0 Å². The van der Waals surface area contributed by atoms with Gasteiger partial charge >= 0.3 is 0 Å². The second-order valence-corrected chi connectivity index (χ2v) is 8.05. The van der Waals surface area contributed by atoms with E-state index < -0.39 is 0 Å². The number of hydrogen-bond donors (Lipinski definition) is 1. The lowest BCUT2D eigenvalue weighted by atomic mass is 9.98. The summed E-state index contributed by atoms with van der Waals surface area (Å²) in [5.41, 5.74) is 3.25. The summed E-state index contributed by atoms with van der Waals surface area (Å²) in [6, 6.07) is 6.10. The van der Waals surface area contributed by atoms with Gasteiger partial charge in [0.05, 0.1) is 25.0 Å². The summed E-state index contributed by atoms with van der Waals surface area (Å²) in [7, 11) is 1.97. The van der Waals surface area contributed by atoms with Crippen molar-refractivity contribution < 1.29 is 14.2 Å². The third kappa shape index (κ3) is 5.52. The monoisotopic (exact) mass is 399 g/mol. The van der Waals surface area contributed by atoms with Crippen LogP contribution in [0.4, 0.5) is 0 Å². The normalized spacial score (nSPS) is 17.3. The third-order valence-corrected chi connectivity index (χ3v) is 5.64. The van der Waals surface area contributed by atoms with Crippen LogP contribution in [0.5, 0.6) is 11.5 Å². The topological polar surface area (TPSA) is 57.5 Å². The molecular weight excluding hydrogens is 366 g/mol. The number of ether oxygens (including phenoxy) is 3. The van der Waals surface area contributed by atoms with Gasteiger partial charge in [0.15, 0.2) is 11.5 Å². The van der Waals surface area contributed by atoms with Crippen molar-refractivity contribution in [2.45, 2.75) is 57.6 Å². The number of nitrogens with zero attached hydrogens (tertiary/aromatic N) is 2. The van der Waals surface area contributed by atoms with Gasteiger partial charge < -0.3 is 19.5 Å². The smallest absolute Gasteiger partial charge is 0.161 e. The van der Waals surface area contributed by atoms with E-state index in [2.05, 4.69) is 22.7 Å². The Hall–Kier alpha value is -2.05. The summed E-state index contributed by atoms with van der Waals surface area (Å²) < 4.78 is 19.5. The number of hydrogen-bond acceptors (Lipinski definition) is 5. The van der Waals surface area contributed by atoms with Crippen molar-refractivity contribution in [2.24, 2.45) is 7.05 Å². The maximum absolute atomic E-state index is 6.01. The average molecular weight is 400 g/mol. The minimum atomic E-state index is 0.494. The standard InChI is InChI=1S/C23H33N3O3/c1-26-17-19(16-24-11-5-12-27-20-7-3-2-4-8-20)23(25-26)18-9-10-21-22(15-18)29-14-6-13-28-21/h9-10,15,17,20,24H,2-8,11-14,16H2,1H3. The van der Waals surface area contributed by atoms with Crippen LogP contribution in [-0.2, 0) is 18.3 Å². The van der Waals surface area contributed by atoms with Gasteiger partial charge in [-0.2, -0.15) is 5.10 Å². The van der Waals surface area contributed by atoms with Gasteiger partial charge in [0.2, 0.25) is 0 Å². The fourth-order valence-electron chi connectivity index (χ4n) is 4.12. The number of rotatable bonds is 8. The van der Waals surface area contributed by atoms with Crippen LogP contribution in [0, 0.1) is 0 Å². The Balaban J connectivity index is 1.30. The van der Waals surface area contributed by atoms with Crippen LogP contribution in [0.1, 0.15) is 50.5 Å². The molecule has 0 atom stereocenters. The summed E-state index contributed by atoms with van der Waals surface area (Å²) >= 11 is 0. The van der Waals surface area contributed by atoms with Gasteiger partial charge in [-0.1, -0.05) is 19.3 Å². The molecule has 2 aromatic rings. The molecule has 1 N–H and O–H groups in total. The van der Waals surface area contributed by atoms with E-state index in [0.717, 1.165) is 55.3 Å². The van der Waals surface area contributed by atoms with Crippen molar-refractivity contribution in [1.82, 2.24) is 15.1 Å². The van der Waals surface area contributed by atoms with Gasteiger partial charge in [0, 0.05) is 43.9 Å². The number of nitrogens with one attached hydrogen (secondary N) is 1. The van der Waals surface area contributed by atoms with Crippen molar-refractivity contribution in [1.29, 1.82) is 0 Å². The highest BCUT2D eigenvalue weighted by atomic mass is 16.5. The lowest BCUT2D eigenvalue weighted by molar-refractivity contribution is 0.0273. The van der Waals surface area contributed by atoms with E-state index in [1.807, 2.05) is 23.9 Å². The van der Waals surface area contributed by atoms with Crippen molar-refractivity contribution >= 4 is 0 Å². The van der Waals surface area contributed by atoms with Crippen LogP contribution < -0.4 is 14.8 Å². The molecule has 1 aromatic heterocycles. The van der Waals surface area contributed by atoms with E-state index in [1.165, 1.54) is 37.7 Å². The maximum atomic E-state index is 6.01. The molecule has 1 aliphatic carbocycles. The Morgan fingerprint density at radius 1 is 1.10 bits per heavy atom. The zero-order valence-electron chi connectivity index (χ0n) is 17.5. The first-order chi connectivity index (χ1) is 14.3. The Kier molecular flexibility index (Phi) is 7.06. The fraction of sp³-hybridized carbons (Fsp3) is 0.609. The molecule has 4 rings (SSSR count). The molecule has 1 aromatic carbocycles. The first-order valence-corrected chi connectivity index (χ1v) is 11.0. The highest BCUT2D eigenvalue weighted by Crippen LogP contribution is 2.34. The Labute approximate surface area is 173 Å². The van der Waals surface area contributed by atoms with Gasteiger partial charge in [-0.05, 0) is 44.0 Å². The Bertz CT molecular complexity index is 784. The van der Waals surface area contributed by atoms with Crippen molar-refractivity contribution in [2.75, 3.05) is 26.4 Å². The molecule has 0 unspecified atom stereocenters. The molecule has 0 bridgehead atoms. The number of aryl methyl sites for hydroxylation is 1. The molecule has 6 nitrogen and oxygen atoms in total. The SMILES string of the molecule is Cn1cc(CNCCCOC2CCCCC2)c(-c2ccc3c(c2)OCCCO3)n1. The zero-order valence-corrected chi connectivity index (χ0v) is 17.5. The first kappa shape index (κ1) is 20.2. The largest absolute Gasteiger partial charge is 0.490 e. The minimum absolute atomic E-state index is 0.494. The van der Waals surface area contributed by atoms with Gasteiger partial charge in [-0.25, -0.2) is 0 Å². The van der Waals surface area contributed by atoms with Crippen molar-refractivity contribution in [3.63, 3.8) is 0 Å². The van der Waals surface area contributed by atoms with Crippen molar-refractivity contribution in [3.05, 3.63) is 30.0 Å². The second-order valence-electron chi connectivity index (χ2n) is 8.05. The fourth-order valence-corrected chi connectivity index (χ4v) is 4.12. The molecule has 158 valence electrons. The number of benzene rings is 1. The second kappa shape index (κ2) is 10.1. The summed E-state index contributed by atoms with van der Waals surface area (Å²) in [6.45, 7) is 3.98. The van der Waals surface area contributed by atoms with Gasteiger partial charge in [0.1, 0.15) is 0 Å². The summed E-state index contributed by atoms with van der Waals surface area (Å²) in [4.78, 5) is 0. The Morgan fingerprint density at radius 3 is 2.79 bits per heavy atom. The first-order valence-electron chi connectivity index (χ1n) is 11.0. The predicted octanol–water partition coefficient (Wildman–Crippen LogP) is 4.08. The molecule has 0 saturated heterocycles. The molecule has 2 heterocycles. The average Bonchev–Trinajstić information content (AvgIpc) is 2.96. The van der Waals surface area contributed by atoms with E-state index in [0.29, 0.717) is 19.3 Å². The van der Waals surface area contributed by atoms with Gasteiger partial charge in [-0.15, -0.1) is 0 Å². The molecule has 0 radical (unpaired) electrons. The maximum Gasteiger partial charge on any atom is 0.161 e. The van der Waals surface area contributed by atoms with Crippen LogP contribution in [0.25, 0.3) is 11.3 Å². The van der Waals surface area contributed by atoms with Crippen molar-refractivity contribution in [3.8, 4) is 22.8 Å². The molecular formula is C23H33N3O3. The predicted molar refractivity (Wildman–Crippen MR) is 113 cm³/mol. The van der Waals surface area contributed by atoms with Crippen LogP contribution in [-0.4, -0.2) is 42.2 Å². The van der Waals surface area contributed by atoms with E-state index in [9.17, 15) is 0 Å². The highest BCUT2D eigenvalue weighted by Gasteiger charge is 2.16. The lowest BCUT2D eigenvalue weighted by Crippen LogP contribution is -2.20. The van der Waals surface area contributed by atoms with Gasteiger partial charge in [-0.3, -0.25) is 4.68 Å². The van der Waals surface area contributed by atoms with Crippen LogP contribution in [0.2, 0.25) is 0 Å². The van der Waals surface area contributed by atoms with Crippen LogP contribution in [0.15, 0.2) is 24.4 Å². The van der Waals surface area contributed by atoms with Crippen LogP contribution in [0.3, 0.4) is 0 Å². The molecule has 0 spiro atoms. The zero-order chi connectivity index (χ0) is 19.9. The minimum Gasteiger partial charge on any atom is -0.490 e. The number of fused-ring (bicyclic) bond motifs is 1. The molecule has 29 heavy (non-hydrogen) atoms. The van der Waals surface area contributed by atoms with Crippen LogP contribution >= 0.6 is 0 Å². The van der Waals surface area contributed by atoms with E-state index >= 15 is 0 Å². The molecule has 1 saturated carbocycles. The van der Waals surface area contributed by atoms with E-state index in [4.69, 9.17) is 14.2 Å². The molecule has 1 fully saturated rings. The number of aromatic nitrogens is 2. The highest BCUT2D eigenvalue weighted by molar-refractivity contribution is 5.66. The summed E-state index contributed by atoms with van der Waals surface area (Å²) in [5.74, 6) is 1.63. The Morgan fingerprint density at radius 2 is 1.93 bits per heavy atom. The summed E-state index contributed by atoms with van der Waals surface area (Å²) in [5, 5.41) is 8.23. The molecule has 1 aliphatic heterocycles. The van der Waals surface area contributed by atoms with E-state index in [-0.39, 0.29) is 0 Å². The quantitative estimate of drug-likeness (QED) is 0.678. The molecule has 2 aliphatic rings. The summed E-state index contributed by atoms with van der Waals surface area (Å²) in [6.07, 6.45) is 11.0. The van der Waals surface area contributed by atoms with E-state index in [1.54, 1.807) is 0 Å².